The number of carboxylic acid groups (broad SMARTS) is 1. The van der Waals surface area contributed by atoms with Crippen LogP contribution in [0, 0.1) is 5.92 Å². The van der Waals surface area contributed by atoms with E-state index < -0.39 is 12.1 Å². The number of piperidine rings is 1. The number of anilines is 1. The Bertz CT molecular complexity index is 785. The van der Waals surface area contributed by atoms with Crippen LogP contribution in [0.4, 0.5) is 5.82 Å². The third-order valence-corrected chi connectivity index (χ3v) is 5.06. The number of rotatable bonds is 6. The fourth-order valence-corrected chi connectivity index (χ4v) is 3.42. The molecule has 3 N–H and O–H groups in total. The van der Waals surface area contributed by atoms with E-state index in [0.717, 1.165) is 11.3 Å². The summed E-state index contributed by atoms with van der Waals surface area (Å²) in [4.78, 5) is 18.2. The van der Waals surface area contributed by atoms with Gasteiger partial charge in [-0.15, -0.1) is 0 Å². The topological polar surface area (TPSA) is 103 Å². The fraction of sp³-hybridized carbons (Fsp3) is 0.400. The van der Waals surface area contributed by atoms with Crippen molar-refractivity contribution in [2.24, 2.45) is 5.92 Å². The van der Waals surface area contributed by atoms with Gasteiger partial charge in [-0.25, -0.2) is 9.78 Å². The Kier molecular flexibility index (Phi) is 5.93. The molecule has 27 heavy (non-hydrogen) atoms. The number of benzene rings is 1. The highest BCUT2D eigenvalue weighted by molar-refractivity contribution is 5.94. The van der Waals surface area contributed by atoms with Crippen LogP contribution >= 0.6 is 0 Å². The van der Waals surface area contributed by atoms with E-state index in [1.165, 1.54) is 0 Å². The lowest BCUT2D eigenvalue weighted by molar-refractivity contribution is 0.0376. The monoisotopic (exact) mass is 372 g/mol. The summed E-state index contributed by atoms with van der Waals surface area (Å²) < 4.78 is 5.17. The number of hydrogen-bond donors (Lipinski definition) is 3. The zero-order chi connectivity index (χ0) is 19.4. The van der Waals surface area contributed by atoms with E-state index >= 15 is 0 Å². The number of aliphatic hydroxyl groups is 2. The van der Waals surface area contributed by atoms with Gasteiger partial charge in [0.25, 0.3) is 0 Å². The summed E-state index contributed by atoms with van der Waals surface area (Å²) in [5.41, 5.74) is 1.73. The summed E-state index contributed by atoms with van der Waals surface area (Å²) in [6.45, 7) is 0.915. The summed E-state index contributed by atoms with van der Waals surface area (Å²) in [6.07, 6.45) is 0.620. The molecule has 1 fully saturated rings. The molecule has 0 aliphatic carbocycles. The molecule has 0 saturated carbocycles. The Hall–Kier alpha value is -2.64. The fourth-order valence-electron chi connectivity index (χ4n) is 3.42. The molecule has 0 amide bonds. The minimum absolute atomic E-state index is 0.0179. The van der Waals surface area contributed by atoms with Crippen molar-refractivity contribution < 1.29 is 24.9 Å². The van der Waals surface area contributed by atoms with Crippen LogP contribution < -0.4 is 9.64 Å². The molecule has 1 unspecified atom stereocenters. The van der Waals surface area contributed by atoms with Gasteiger partial charge in [-0.3, -0.25) is 0 Å². The number of hydrogen-bond acceptors (Lipinski definition) is 6. The Morgan fingerprint density at radius 2 is 1.89 bits per heavy atom. The number of ether oxygens (including phenoxy) is 1. The number of methoxy groups -OCH3 is 1. The molecule has 0 radical (unpaired) electrons. The molecule has 0 bridgehead atoms. The van der Waals surface area contributed by atoms with Gasteiger partial charge in [-0.05, 0) is 55.2 Å². The maximum Gasteiger partial charge on any atom is 0.339 e. The van der Waals surface area contributed by atoms with Gasteiger partial charge >= 0.3 is 5.97 Å². The lowest BCUT2D eigenvalue weighted by Gasteiger charge is -2.35. The van der Waals surface area contributed by atoms with Crippen LogP contribution in [-0.2, 0) is 0 Å². The molecule has 144 valence electrons. The Labute approximate surface area is 157 Å². The molecule has 2 heterocycles. The Morgan fingerprint density at radius 1 is 1.22 bits per heavy atom. The number of carboxylic acids is 1. The summed E-state index contributed by atoms with van der Waals surface area (Å²) in [5.74, 6) is 0.180. The molecule has 7 heteroatoms. The molecule has 1 aliphatic rings. The van der Waals surface area contributed by atoms with Gasteiger partial charge < -0.3 is 25.0 Å². The van der Waals surface area contributed by atoms with Crippen molar-refractivity contribution in [1.29, 1.82) is 0 Å². The SMILES string of the molecule is COc1ccc(-c2ccc(C(=O)O)c(N3CCC(C(O)CO)CC3)n2)cc1. The van der Waals surface area contributed by atoms with Crippen molar-refractivity contribution >= 4 is 11.8 Å². The van der Waals surface area contributed by atoms with E-state index in [2.05, 4.69) is 4.98 Å². The highest BCUT2D eigenvalue weighted by atomic mass is 16.5. The molecule has 2 aromatic rings. The van der Waals surface area contributed by atoms with Crippen molar-refractivity contribution in [2.45, 2.75) is 18.9 Å². The van der Waals surface area contributed by atoms with Crippen LogP contribution in [0.15, 0.2) is 36.4 Å². The molecule has 0 spiro atoms. The first-order chi connectivity index (χ1) is 13.0. The summed E-state index contributed by atoms with van der Waals surface area (Å²) in [6, 6.07) is 10.7. The number of aliphatic hydroxyl groups excluding tert-OH is 2. The van der Waals surface area contributed by atoms with E-state index in [9.17, 15) is 15.0 Å². The van der Waals surface area contributed by atoms with E-state index in [4.69, 9.17) is 9.84 Å². The van der Waals surface area contributed by atoms with Crippen molar-refractivity contribution in [2.75, 3.05) is 31.7 Å². The normalized spacial score (nSPS) is 16.2. The molecule has 1 aromatic carbocycles. The maximum absolute atomic E-state index is 11.7. The van der Waals surface area contributed by atoms with Crippen LogP contribution in [0.25, 0.3) is 11.3 Å². The van der Waals surface area contributed by atoms with Crippen LogP contribution in [0.5, 0.6) is 5.75 Å². The maximum atomic E-state index is 11.7. The average Bonchev–Trinajstić information content (AvgIpc) is 2.72. The number of aromatic nitrogens is 1. The van der Waals surface area contributed by atoms with Crippen LogP contribution in [-0.4, -0.2) is 59.2 Å². The highest BCUT2D eigenvalue weighted by Gasteiger charge is 2.27. The van der Waals surface area contributed by atoms with Gasteiger partial charge in [0.1, 0.15) is 17.1 Å². The molecule has 7 nitrogen and oxygen atoms in total. The second kappa shape index (κ2) is 8.37. The predicted molar refractivity (Wildman–Crippen MR) is 101 cm³/mol. The zero-order valence-corrected chi connectivity index (χ0v) is 15.2. The molecule has 1 atom stereocenters. The lowest BCUT2D eigenvalue weighted by Crippen LogP contribution is -2.40. The lowest BCUT2D eigenvalue weighted by atomic mass is 9.91. The van der Waals surface area contributed by atoms with Gasteiger partial charge in [0.15, 0.2) is 0 Å². The van der Waals surface area contributed by atoms with Gasteiger partial charge in [0.2, 0.25) is 0 Å². The summed E-state index contributed by atoms with van der Waals surface area (Å²) in [7, 11) is 1.60. The largest absolute Gasteiger partial charge is 0.497 e. The Morgan fingerprint density at radius 3 is 2.44 bits per heavy atom. The number of pyridine rings is 1. The number of aromatic carboxylic acids is 1. The standard InChI is InChI=1S/C20H24N2O5/c1-27-15-4-2-13(3-5-15)17-7-6-16(20(25)26)19(21-17)22-10-8-14(9-11-22)18(24)12-23/h2-7,14,18,23-24H,8-12H2,1H3,(H,25,26). The second-order valence-corrected chi connectivity index (χ2v) is 6.68. The van der Waals surface area contributed by atoms with Crippen molar-refractivity contribution in [3.05, 3.63) is 42.0 Å². The minimum atomic E-state index is -1.02. The second-order valence-electron chi connectivity index (χ2n) is 6.68. The molecule has 3 rings (SSSR count). The van der Waals surface area contributed by atoms with Gasteiger partial charge in [-0.1, -0.05) is 0 Å². The number of carbonyl (C=O) groups is 1. The van der Waals surface area contributed by atoms with E-state index in [0.29, 0.717) is 37.4 Å². The molecule has 1 saturated heterocycles. The van der Waals surface area contributed by atoms with Crippen molar-refractivity contribution in [3.63, 3.8) is 0 Å². The van der Waals surface area contributed by atoms with E-state index in [1.54, 1.807) is 19.2 Å². The van der Waals surface area contributed by atoms with Crippen molar-refractivity contribution in [1.82, 2.24) is 4.98 Å². The van der Waals surface area contributed by atoms with Gasteiger partial charge in [-0.2, -0.15) is 0 Å². The smallest absolute Gasteiger partial charge is 0.339 e. The van der Waals surface area contributed by atoms with Gasteiger partial charge in [0, 0.05) is 18.7 Å². The minimum Gasteiger partial charge on any atom is -0.497 e. The highest BCUT2D eigenvalue weighted by Crippen LogP contribution is 2.29. The third kappa shape index (κ3) is 4.20. The van der Waals surface area contributed by atoms with Crippen LogP contribution in [0.3, 0.4) is 0 Å². The number of nitrogens with zero attached hydrogens (tertiary/aromatic N) is 2. The van der Waals surface area contributed by atoms with E-state index in [1.807, 2.05) is 29.2 Å². The van der Waals surface area contributed by atoms with E-state index in [-0.39, 0.29) is 18.1 Å². The van der Waals surface area contributed by atoms with Crippen LogP contribution in [0.2, 0.25) is 0 Å². The zero-order valence-electron chi connectivity index (χ0n) is 15.2. The molecule has 1 aromatic heterocycles. The predicted octanol–water partition coefficient (Wildman–Crippen LogP) is 2.03. The third-order valence-electron chi connectivity index (χ3n) is 5.06. The Balaban J connectivity index is 1.87. The first kappa shape index (κ1) is 19.1. The first-order valence-electron chi connectivity index (χ1n) is 8.96. The summed E-state index contributed by atoms with van der Waals surface area (Å²) in [5, 5.41) is 28.5. The van der Waals surface area contributed by atoms with Gasteiger partial charge in [0.05, 0.1) is 25.5 Å². The quantitative estimate of drug-likeness (QED) is 0.713. The molecule has 1 aliphatic heterocycles. The average molecular weight is 372 g/mol. The molecular formula is C20H24N2O5. The molecular weight excluding hydrogens is 348 g/mol. The first-order valence-corrected chi connectivity index (χ1v) is 8.96. The van der Waals surface area contributed by atoms with Crippen molar-refractivity contribution in [3.8, 4) is 17.0 Å². The summed E-state index contributed by atoms with van der Waals surface area (Å²) >= 11 is 0. The van der Waals surface area contributed by atoms with Crippen LogP contribution in [0.1, 0.15) is 23.2 Å².